The Morgan fingerprint density at radius 1 is 0.727 bits per heavy atom. The molecule has 0 unspecified atom stereocenters. The van der Waals surface area contributed by atoms with Crippen LogP contribution in [-0.2, 0) is 59.0 Å². The number of hydrogen-bond donors (Lipinski definition) is 0. The molecule has 0 aromatic carbocycles. The molecule has 0 aromatic rings. The maximum atomic E-state index is 7.13. The summed E-state index contributed by atoms with van der Waals surface area (Å²) in [7, 11) is 0. The van der Waals surface area contributed by atoms with Gasteiger partial charge in [0, 0.05) is 0 Å². The van der Waals surface area contributed by atoms with Gasteiger partial charge in [-0.3, -0.25) is 0 Å². The maximum absolute atomic E-state index is 7.13. The van der Waals surface area contributed by atoms with Gasteiger partial charge in [0.15, 0.2) is 0 Å². The maximum Gasteiger partial charge on any atom is 2.00 e. The van der Waals surface area contributed by atoms with Gasteiger partial charge in [0.1, 0.15) is 0 Å². The summed E-state index contributed by atoms with van der Waals surface area (Å²) in [6.45, 7) is 0. The first-order valence-electron chi connectivity index (χ1n) is 1.28. The van der Waals surface area contributed by atoms with E-state index in [2.05, 4.69) is 37.9 Å². The van der Waals surface area contributed by atoms with E-state index in [9.17, 15) is 0 Å². The molecule has 0 spiro atoms. The average molecular weight is 408 g/mol. The first kappa shape index (κ1) is 29.4. The molecule has 0 saturated carbocycles. The molecule has 0 aliphatic rings. The van der Waals surface area contributed by atoms with Crippen molar-refractivity contribution in [2.45, 2.75) is 0 Å². The second-order valence-electron chi connectivity index (χ2n) is 0.274. The fourth-order valence-electron chi connectivity index (χ4n) is 0. The molecule has 0 amide bonds. The molecule has 0 aromatic heterocycles. The predicted molar refractivity (Wildman–Crippen MR) is 38.9 cm³/mol. The van der Waals surface area contributed by atoms with Gasteiger partial charge in [-0.2, -0.15) is 0 Å². The van der Waals surface area contributed by atoms with Crippen LogP contribution < -0.4 is 51.4 Å². The van der Waals surface area contributed by atoms with Gasteiger partial charge in [0.2, 0.25) is 0 Å². The topological polar surface area (TPSA) is 71.4 Å². The first-order chi connectivity index (χ1) is 4.24. The zero-order chi connectivity index (χ0) is 8.12. The Hall–Kier alpha value is 1.45. The molecule has 0 saturated heterocycles. The van der Waals surface area contributed by atoms with Crippen molar-refractivity contribution in [2.75, 3.05) is 0 Å². The second-order valence-corrected chi connectivity index (χ2v) is 0.822. The van der Waals surface area contributed by atoms with E-state index >= 15 is 0 Å². The minimum atomic E-state index is 0. The largest absolute Gasteiger partial charge is 2.00 e. The van der Waals surface area contributed by atoms with Crippen molar-refractivity contribution >= 4 is 37.9 Å². The van der Waals surface area contributed by atoms with Crippen LogP contribution in [0.4, 0.5) is 0 Å². The van der Waals surface area contributed by atoms with Crippen molar-refractivity contribution in [3.63, 3.8) is 0 Å². The molecule has 8 heteroatoms. The molecule has 0 N–H and O–H groups in total. The van der Waals surface area contributed by atoms with E-state index in [4.69, 9.17) is 15.8 Å². The van der Waals surface area contributed by atoms with E-state index < -0.39 is 0 Å². The van der Waals surface area contributed by atoms with Crippen LogP contribution in [0.1, 0.15) is 0 Å². The number of hydrogen-bond acceptors (Lipinski definition) is 6. The summed E-state index contributed by atoms with van der Waals surface area (Å²) >= 11 is 11.1. The van der Waals surface area contributed by atoms with E-state index in [1.165, 1.54) is 16.2 Å². The first-order valence-corrected chi connectivity index (χ1v) is 2.51. The van der Waals surface area contributed by atoms with E-state index in [-0.39, 0.29) is 72.4 Å². The van der Waals surface area contributed by atoms with Crippen molar-refractivity contribution in [2.24, 2.45) is 0 Å². The zero-order valence-corrected chi connectivity index (χ0v) is 13.2. The summed E-state index contributed by atoms with van der Waals surface area (Å²) in [4.78, 5) is 0. The molecule has 3 nitrogen and oxygen atoms in total. The van der Waals surface area contributed by atoms with Crippen LogP contribution in [0.2, 0.25) is 0 Å². The number of thiocyanates is 3. The van der Waals surface area contributed by atoms with Gasteiger partial charge < -0.3 is 37.9 Å². The summed E-state index contributed by atoms with van der Waals surface area (Å²) in [5.74, 6) is 0. The molecule has 0 aliphatic carbocycles. The van der Waals surface area contributed by atoms with Crippen LogP contribution in [0.15, 0.2) is 0 Å². The minimum Gasteiger partial charge on any atom is -0.696 e. The third kappa shape index (κ3) is 484. The van der Waals surface area contributed by atoms with E-state index in [1.807, 2.05) is 0 Å². The Bertz CT molecular complexity index is 117. The van der Waals surface area contributed by atoms with Crippen molar-refractivity contribution in [3.05, 3.63) is 0 Å². The smallest absolute Gasteiger partial charge is 0.696 e. The Morgan fingerprint density at radius 2 is 0.727 bits per heavy atom. The third-order valence-corrected chi connectivity index (χ3v) is 0. The van der Waals surface area contributed by atoms with Crippen molar-refractivity contribution in [3.8, 4) is 16.2 Å². The summed E-state index contributed by atoms with van der Waals surface area (Å²) < 4.78 is 0. The molecule has 0 radical (unpaired) electrons. The Kier molecular flexibility index (Phi) is 169. The fourth-order valence-corrected chi connectivity index (χ4v) is 0. The molecule has 0 heterocycles. The van der Waals surface area contributed by atoms with Crippen molar-refractivity contribution in [1.29, 1.82) is 15.8 Å². The van der Waals surface area contributed by atoms with E-state index in [0.29, 0.717) is 0 Å². The molecule has 0 atom stereocenters. The van der Waals surface area contributed by atoms with E-state index in [0.717, 1.165) is 0 Å². The van der Waals surface area contributed by atoms with Crippen LogP contribution in [0.25, 0.3) is 0 Å². The standard InChI is InChI=1S/3CHNS.K.Pt/c3*2-1-3;;/h3*3H;;/q;;;+1;+2/p-3. The fraction of sp³-hybridized carbons (Fsp3) is 0. The third-order valence-electron chi connectivity index (χ3n) is 0. The van der Waals surface area contributed by atoms with Crippen molar-refractivity contribution < 1.29 is 72.4 Å². The van der Waals surface area contributed by atoms with Gasteiger partial charge >= 0.3 is 72.4 Å². The Labute approximate surface area is 139 Å². The van der Waals surface area contributed by atoms with Gasteiger partial charge in [0.05, 0.1) is 0 Å². The van der Waals surface area contributed by atoms with Crippen LogP contribution in [-0.4, -0.2) is 0 Å². The summed E-state index contributed by atoms with van der Waals surface area (Å²) in [6, 6.07) is 0. The monoisotopic (exact) mass is 408 g/mol. The average Bonchev–Trinajstić information content (AvgIpc) is 1.70. The molecular formula is C3KN3PtS3. The van der Waals surface area contributed by atoms with Gasteiger partial charge in [0.25, 0.3) is 0 Å². The zero-order valence-electron chi connectivity index (χ0n) is 5.38. The Balaban J connectivity index is -0.0000000150. The van der Waals surface area contributed by atoms with Gasteiger partial charge in [-0.1, -0.05) is 16.2 Å². The van der Waals surface area contributed by atoms with Crippen molar-refractivity contribution in [1.82, 2.24) is 0 Å². The van der Waals surface area contributed by atoms with Crippen LogP contribution in [0.5, 0.6) is 0 Å². The second kappa shape index (κ2) is 63.1. The summed E-state index contributed by atoms with van der Waals surface area (Å²) in [5, 5.41) is 25.4. The number of nitriles is 3. The molecule has 0 aliphatic heterocycles. The number of rotatable bonds is 0. The quantitative estimate of drug-likeness (QED) is 0.243. The van der Waals surface area contributed by atoms with Crippen LogP contribution in [0, 0.1) is 32.0 Å². The summed E-state index contributed by atoms with van der Waals surface area (Å²) in [5.41, 5.74) is 0. The normalized spacial score (nSPS) is 1.91. The number of nitrogens with zero attached hydrogens (tertiary/aromatic N) is 3. The molecule has 0 rings (SSSR count). The van der Waals surface area contributed by atoms with Gasteiger partial charge in [-0.05, 0) is 0 Å². The molecule has 0 bridgehead atoms. The SMILES string of the molecule is N#C[S-].N#C[S-].N#C[S-].[K+].[Pt+2]. The van der Waals surface area contributed by atoms with E-state index in [1.54, 1.807) is 0 Å². The molecule has 0 fully saturated rings. The molecule has 56 valence electrons. The molecular weight excluding hydrogens is 408 g/mol. The van der Waals surface area contributed by atoms with Crippen LogP contribution >= 0.6 is 0 Å². The van der Waals surface area contributed by atoms with Gasteiger partial charge in [-0.25, -0.2) is 15.8 Å². The van der Waals surface area contributed by atoms with Crippen LogP contribution in [0.3, 0.4) is 0 Å². The Morgan fingerprint density at radius 3 is 0.727 bits per heavy atom. The molecule has 11 heavy (non-hydrogen) atoms. The minimum absolute atomic E-state index is 0. The summed E-state index contributed by atoms with van der Waals surface area (Å²) in [6.07, 6.45) is 0. The predicted octanol–water partition coefficient (Wildman–Crippen LogP) is -2.96. The van der Waals surface area contributed by atoms with Gasteiger partial charge in [-0.15, -0.1) is 0 Å².